The molecule has 0 aliphatic carbocycles. The van der Waals surface area contributed by atoms with E-state index >= 15 is 0 Å². The second kappa shape index (κ2) is 10.2. The molecule has 3 N–H and O–H groups in total. The Labute approximate surface area is 212 Å². The molecule has 2 heterocycles. The molecule has 10 nitrogen and oxygen atoms in total. The number of anilines is 2. The first kappa shape index (κ1) is 24.9. The second-order valence-corrected chi connectivity index (χ2v) is 8.92. The van der Waals surface area contributed by atoms with E-state index in [2.05, 4.69) is 16.0 Å². The van der Waals surface area contributed by atoms with E-state index in [0.29, 0.717) is 16.4 Å². The fourth-order valence-electron chi connectivity index (χ4n) is 3.98. The number of hydrogen-bond donors (Lipinski definition) is 3. The minimum atomic E-state index is -1.03. The van der Waals surface area contributed by atoms with Gasteiger partial charge in [-0.1, -0.05) is 29.8 Å². The van der Waals surface area contributed by atoms with Crippen LogP contribution in [0.3, 0.4) is 0 Å². The zero-order valence-electron chi connectivity index (χ0n) is 19.6. The van der Waals surface area contributed by atoms with E-state index in [-0.39, 0.29) is 25.1 Å². The van der Waals surface area contributed by atoms with Gasteiger partial charge in [-0.05, 0) is 48.7 Å². The third-order valence-electron chi connectivity index (χ3n) is 6.00. The molecule has 2 aromatic carbocycles. The van der Waals surface area contributed by atoms with Gasteiger partial charge < -0.3 is 15.5 Å². The van der Waals surface area contributed by atoms with Crippen LogP contribution in [-0.4, -0.2) is 47.6 Å². The highest BCUT2D eigenvalue weighted by atomic mass is 35.5. The summed E-state index contributed by atoms with van der Waals surface area (Å²) in [5.74, 6) is -2.31. The smallest absolute Gasteiger partial charge is 0.319 e. The quantitative estimate of drug-likeness (QED) is 0.513. The highest BCUT2D eigenvalue weighted by molar-refractivity contribution is 6.31. The lowest BCUT2D eigenvalue weighted by Crippen LogP contribution is -2.54. The van der Waals surface area contributed by atoms with Crippen molar-refractivity contribution in [2.75, 3.05) is 17.3 Å². The summed E-state index contributed by atoms with van der Waals surface area (Å²) in [6.45, 7) is 2.08. The van der Waals surface area contributed by atoms with Gasteiger partial charge in [-0.25, -0.2) is 4.79 Å². The third-order valence-corrected chi connectivity index (χ3v) is 6.41. The van der Waals surface area contributed by atoms with Gasteiger partial charge in [-0.2, -0.15) is 0 Å². The molecule has 11 heteroatoms. The Kier molecular flexibility index (Phi) is 7.07. The third kappa shape index (κ3) is 5.23. The van der Waals surface area contributed by atoms with Crippen molar-refractivity contribution in [1.29, 1.82) is 0 Å². The molecule has 36 heavy (non-hydrogen) atoms. The number of halogens is 1. The summed E-state index contributed by atoms with van der Waals surface area (Å²) < 4.78 is 0. The largest absolute Gasteiger partial charge is 0.340 e. The van der Waals surface area contributed by atoms with Crippen molar-refractivity contribution in [3.63, 3.8) is 0 Å². The molecule has 1 atom stereocenters. The minimum Gasteiger partial charge on any atom is -0.340 e. The van der Waals surface area contributed by atoms with Crippen LogP contribution in [0.15, 0.2) is 54.2 Å². The Balaban J connectivity index is 1.40. The minimum absolute atomic E-state index is 0.0538. The molecule has 0 spiro atoms. The maximum atomic E-state index is 13.0. The first-order valence-electron chi connectivity index (χ1n) is 11.2. The number of rotatable bonds is 6. The molecule has 0 radical (unpaired) electrons. The number of imide groups is 2. The van der Waals surface area contributed by atoms with Crippen LogP contribution in [0.2, 0.25) is 5.02 Å². The van der Waals surface area contributed by atoms with Gasteiger partial charge in [0.25, 0.3) is 11.8 Å². The van der Waals surface area contributed by atoms with Gasteiger partial charge in [0.2, 0.25) is 11.8 Å². The summed E-state index contributed by atoms with van der Waals surface area (Å²) in [6.07, 6.45) is 1.32. The number of nitrogens with one attached hydrogen (secondary N) is 3. The van der Waals surface area contributed by atoms with E-state index in [9.17, 15) is 24.0 Å². The van der Waals surface area contributed by atoms with Gasteiger partial charge >= 0.3 is 6.03 Å². The fourth-order valence-corrected chi connectivity index (χ4v) is 4.16. The number of hydrogen-bond acceptors (Lipinski definition) is 6. The maximum absolute atomic E-state index is 13.0. The number of carbonyl (C=O) groups is 5. The molecule has 2 aliphatic rings. The van der Waals surface area contributed by atoms with Crippen molar-refractivity contribution >= 4 is 52.6 Å². The van der Waals surface area contributed by atoms with Crippen LogP contribution in [0.1, 0.15) is 24.0 Å². The molecule has 0 saturated carbocycles. The maximum Gasteiger partial charge on any atom is 0.319 e. The predicted molar refractivity (Wildman–Crippen MR) is 133 cm³/mol. The Morgan fingerprint density at radius 3 is 2.67 bits per heavy atom. The fraction of sp³-hybridized carbons (Fsp3) is 0.240. The van der Waals surface area contributed by atoms with Crippen molar-refractivity contribution in [2.45, 2.75) is 32.4 Å². The van der Waals surface area contributed by atoms with Crippen molar-refractivity contribution in [3.05, 3.63) is 70.4 Å². The SMILES string of the molecule is Cc1ccc(NC(=O)NCc2cccc(N(C)C3=CC(=O)N(C4CCC(=O)NC4=O)C3=O)c2)cc1Cl. The van der Waals surface area contributed by atoms with Crippen LogP contribution in [0, 0.1) is 6.92 Å². The van der Waals surface area contributed by atoms with Crippen molar-refractivity contribution in [2.24, 2.45) is 0 Å². The van der Waals surface area contributed by atoms with Crippen molar-refractivity contribution in [3.8, 4) is 0 Å². The molecule has 4 rings (SSSR count). The molecule has 0 aromatic heterocycles. The molecule has 6 amide bonds. The van der Waals surface area contributed by atoms with Crippen LogP contribution in [0.25, 0.3) is 0 Å². The zero-order chi connectivity index (χ0) is 26.0. The monoisotopic (exact) mass is 509 g/mol. The molecular formula is C25H24ClN5O5. The second-order valence-electron chi connectivity index (χ2n) is 8.51. The number of carbonyl (C=O) groups excluding carboxylic acids is 5. The van der Waals surface area contributed by atoms with E-state index in [4.69, 9.17) is 11.6 Å². The molecule has 2 aliphatic heterocycles. The van der Waals surface area contributed by atoms with Crippen LogP contribution >= 0.6 is 11.6 Å². The van der Waals surface area contributed by atoms with Gasteiger partial charge in [-0.3, -0.25) is 29.4 Å². The highest BCUT2D eigenvalue weighted by Crippen LogP contribution is 2.27. The number of piperidine rings is 1. The zero-order valence-corrected chi connectivity index (χ0v) is 20.4. The van der Waals surface area contributed by atoms with E-state index < -0.39 is 35.7 Å². The van der Waals surface area contributed by atoms with E-state index in [1.165, 1.54) is 6.08 Å². The summed E-state index contributed by atoms with van der Waals surface area (Å²) in [5, 5.41) is 8.20. The summed E-state index contributed by atoms with van der Waals surface area (Å²) in [6, 6.07) is 10.9. The number of amides is 6. The molecule has 0 bridgehead atoms. The standard InChI is InChI=1S/C25H24ClN5O5/c1-14-6-7-16(11-18(14)26)28-25(36)27-13-15-4-3-5-17(10-15)30(2)20-12-22(33)31(24(20)35)19-8-9-21(32)29-23(19)34/h3-7,10-12,19H,8-9,13H2,1-2H3,(H2,27,28,36)(H,29,32,34). The Hall–Kier alpha value is -4.18. The van der Waals surface area contributed by atoms with E-state index in [1.807, 2.05) is 19.1 Å². The Morgan fingerprint density at radius 2 is 1.94 bits per heavy atom. The Morgan fingerprint density at radius 1 is 1.17 bits per heavy atom. The van der Waals surface area contributed by atoms with E-state index in [1.54, 1.807) is 42.3 Å². The van der Waals surface area contributed by atoms with Crippen LogP contribution in [0.4, 0.5) is 16.2 Å². The average Bonchev–Trinajstić information content (AvgIpc) is 3.13. The first-order valence-corrected chi connectivity index (χ1v) is 11.6. The summed E-state index contributed by atoms with van der Waals surface area (Å²) in [5.41, 5.74) is 2.94. The number of urea groups is 1. The summed E-state index contributed by atoms with van der Waals surface area (Å²) >= 11 is 6.09. The lowest BCUT2D eigenvalue weighted by Gasteiger charge is -2.29. The van der Waals surface area contributed by atoms with Crippen LogP contribution in [0.5, 0.6) is 0 Å². The molecular weight excluding hydrogens is 486 g/mol. The normalized spacial score (nSPS) is 17.6. The predicted octanol–water partition coefficient (Wildman–Crippen LogP) is 2.46. The molecule has 1 saturated heterocycles. The van der Waals surface area contributed by atoms with Crippen molar-refractivity contribution in [1.82, 2.24) is 15.5 Å². The molecule has 2 aromatic rings. The first-order chi connectivity index (χ1) is 17.1. The van der Waals surface area contributed by atoms with Crippen LogP contribution < -0.4 is 20.9 Å². The van der Waals surface area contributed by atoms with Crippen molar-refractivity contribution < 1.29 is 24.0 Å². The number of aryl methyl sites for hydroxylation is 1. The lowest BCUT2D eigenvalue weighted by molar-refractivity contribution is -0.149. The number of nitrogens with zero attached hydrogens (tertiary/aromatic N) is 2. The topological polar surface area (TPSA) is 128 Å². The van der Waals surface area contributed by atoms with Gasteiger partial charge in [0.1, 0.15) is 11.7 Å². The summed E-state index contributed by atoms with van der Waals surface area (Å²) in [4.78, 5) is 63.9. The van der Waals surface area contributed by atoms with Crippen LogP contribution in [-0.2, 0) is 25.7 Å². The number of benzene rings is 2. The van der Waals surface area contributed by atoms with Gasteiger partial charge in [-0.15, -0.1) is 0 Å². The molecule has 1 fully saturated rings. The molecule has 186 valence electrons. The van der Waals surface area contributed by atoms with Gasteiger partial charge in [0, 0.05) is 42.5 Å². The highest BCUT2D eigenvalue weighted by Gasteiger charge is 2.43. The van der Waals surface area contributed by atoms with Gasteiger partial charge in [0.05, 0.1) is 0 Å². The molecule has 1 unspecified atom stereocenters. The Bertz CT molecular complexity index is 1310. The van der Waals surface area contributed by atoms with Gasteiger partial charge in [0.15, 0.2) is 0 Å². The summed E-state index contributed by atoms with van der Waals surface area (Å²) in [7, 11) is 1.63. The number of likely N-dealkylation sites (N-methyl/N-ethyl adjacent to an activating group) is 1. The van der Waals surface area contributed by atoms with E-state index in [0.717, 1.165) is 16.0 Å². The lowest BCUT2D eigenvalue weighted by atomic mass is 10.0. The average molecular weight is 510 g/mol.